The second kappa shape index (κ2) is 14.0. The van der Waals surface area contributed by atoms with E-state index in [4.69, 9.17) is 26.1 Å². The number of piperazine rings is 1. The Morgan fingerprint density at radius 2 is 1.70 bits per heavy atom. The highest BCUT2D eigenvalue weighted by Gasteiger charge is 2.39. The molecule has 1 aliphatic rings. The third-order valence-corrected chi connectivity index (χ3v) is 8.13. The summed E-state index contributed by atoms with van der Waals surface area (Å²) in [6.45, 7) is -0.543. The Morgan fingerprint density at radius 3 is 2.30 bits per heavy atom. The number of rotatable bonds is 9. The maximum absolute atomic E-state index is 13.4. The molecule has 1 fully saturated rings. The Hall–Kier alpha value is -4.98. The zero-order valence-corrected chi connectivity index (χ0v) is 25.3. The first-order chi connectivity index (χ1) is 21.4. The van der Waals surface area contributed by atoms with Crippen LogP contribution in [-0.4, -0.2) is 66.1 Å². The van der Waals surface area contributed by atoms with Crippen molar-refractivity contribution in [3.63, 3.8) is 0 Å². The quantitative estimate of drug-likeness (QED) is 0.186. The van der Waals surface area contributed by atoms with Crippen molar-refractivity contribution in [2.75, 3.05) is 26.8 Å². The van der Waals surface area contributed by atoms with Gasteiger partial charge >= 0.3 is 5.97 Å². The number of carbonyl (C=O) groups is 3. The van der Waals surface area contributed by atoms with Gasteiger partial charge in [-0.15, -0.1) is 0 Å². The number of carbonyl (C=O) groups excluding carboxylic acids is 3. The molecule has 0 radical (unpaired) electrons. The minimum Gasteiger partial charge on any atom is -0.474 e. The van der Waals surface area contributed by atoms with Crippen LogP contribution in [-0.2, 0) is 25.7 Å². The number of benzene rings is 3. The van der Waals surface area contributed by atoms with E-state index in [1.165, 1.54) is 28.2 Å². The van der Waals surface area contributed by atoms with Gasteiger partial charge in [0.15, 0.2) is 11.7 Å². The van der Waals surface area contributed by atoms with Crippen molar-refractivity contribution in [3.8, 4) is 11.1 Å². The van der Waals surface area contributed by atoms with E-state index in [2.05, 4.69) is 6.07 Å². The minimum absolute atomic E-state index is 0.0467. The Morgan fingerprint density at radius 1 is 1.02 bits per heavy atom. The number of amides is 2. The summed E-state index contributed by atoms with van der Waals surface area (Å²) in [6, 6.07) is 28.9. The molecule has 11 heteroatoms. The molecule has 4 aromatic rings. The number of hydrogen-bond acceptors (Lipinski definition) is 8. The Balaban J connectivity index is 1.40. The summed E-state index contributed by atoms with van der Waals surface area (Å²) in [7, 11) is 1.23. The Labute approximate surface area is 263 Å². The van der Waals surface area contributed by atoms with Crippen molar-refractivity contribution in [2.24, 2.45) is 4.99 Å². The minimum atomic E-state index is -1.03. The molecule has 44 heavy (non-hydrogen) atoms. The molecular formula is C33H27ClN4O5S. The van der Waals surface area contributed by atoms with Crippen LogP contribution < -0.4 is 4.74 Å². The lowest BCUT2D eigenvalue weighted by atomic mass is 10.0. The van der Waals surface area contributed by atoms with E-state index in [0.29, 0.717) is 31.9 Å². The number of halogens is 1. The smallest absolute Gasteiger partial charge is 0.330 e. The highest BCUT2D eigenvalue weighted by Crippen LogP contribution is 2.29. The van der Waals surface area contributed by atoms with Crippen LogP contribution in [0.5, 0.6) is 5.06 Å². The van der Waals surface area contributed by atoms with E-state index in [-0.39, 0.29) is 26.2 Å². The molecule has 2 amide bonds. The van der Waals surface area contributed by atoms with Crippen LogP contribution in [0.3, 0.4) is 0 Å². The van der Waals surface area contributed by atoms with Gasteiger partial charge in [-0.05, 0) is 29.8 Å². The molecule has 1 aliphatic heterocycles. The van der Waals surface area contributed by atoms with E-state index in [1.54, 1.807) is 30.3 Å². The van der Waals surface area contributed by atoms with E-state index >= 15 is 0 Å². The fourth-order valence-electron chi connectivity index (χ4n) is 4.79. The number of aliphatic imine (C=N–C) groups is 1. The number of ether oxygens (including phenoxy) is 2. The van der Waals surface area contributed by atoms with Gasteiger partial charge in [-0.2, -0.15) is 5.26 Å². The van der Waals surface area contributed by atoms with Gasteiger partial charge < -0.3 is 19.3 Å². The summed E-state index contributed by atoms with van der Waals surface area (Å²) in [5.41, 5.74) is 3.87. The van der Waals surface area contributed by atoms with Gasteiger partial charge in [-0.3, -0.25) is 9.59 Å². The predicted molar refractivity (Wildman–Crippen MR) is 167 cm³/mol. The molecule has 0 saturated carbocycles. The van der Waals surface area contributed by atoms with Crippen molar-refractivity contribution in [1.29, 1.82) is 5.26 Å². The molecule has 9 nitrogen and oxygen atoms in total. The fourth-order valence-corrected chi connectivity index (χ4v) is 5.67. The molecule has 5 rings (SSSR count). The monoisotopic (exact) mass is 626 g/mol. The van der Waals surface area contributed by atoms with Gasteiger partial charge in [0.05, 0.1) is 41.5 Å². The van der Waals surface area contributed by atoms with Crippen molar-refractivity contribution < 1.29 is 23.9 Å². The summed E-state index contributed by atoms with van der Waals surface area (Å²) in [5.74, 6) is -1.52. The maximum Gasteiger partial charge on any atom is 0.330 e. The molecule has 1 unspecified atom stereocenters. The van der Waals surface area contributed by atoms with E-state index in [9.17, 15) is 19.6 Å². The number of nitrogens with zero attached hydrogens (tertiary/aromatic N) is 4. The molecule has 3 aromatic carbocycles. The van der Waals surface area contributed by atoms with E-state index in [0.717, 1.165) is 11.1 Å². The molecule has 0 spiro atoms. The lowest BCUT2D eigenvalue weighted by Crippen LogP contribution is -2.60. The molecule has 0 aliphatic carbocycles. The van der Waals surface area contributed by atoms with Gasteiger partial charge in [-0.25, -0.2) is 9.79 Å². The summed E-state index contributed by atoms with van der Waals surface area (Å²) >= 11 is 7.11. The second-order valence-corrected chi connectivity index (χ2v) is 11.5. The lowest BCUT2D eigenvalue weighted by Gasteiger charge is -2.39. The van der Waals surface area contributed by atoms with E-state index in [1.807, 2.05) is 60.7 Å². The van der Waals surface area contributed by atoms with Crippen LogP contribution in [0.2, 0.25) is 4.34 Å². The molecule has 1 atom stereocenters. The average molecular weight is 627 g/mol. The van der Waals surface area contributed by atoms with Gasteiger partial charge in [0, 0.05) is 17.7 Å². The first-order valence-corrected chi connectivity index (χ1v) is 14.8. The zero-order valence-electron chi connectivity index (χ0n) is 23.7. The number of hydrogen-bond donors (Lipinski definition) is 0. The van der Waals surface area contributed by atoms with E-state index < -0.39 is 23.8 Å². The molecule has 0 N–H and O–H groups in total. The molecule has 222 valence electrons. The third kappa shape index (κ3) is 7.14. The largest absolute Gasteiger partial charge is 0.474 e. The summed E-state index contributed by atoms with van der Waals surface area (Å²) in [6.07, 6.45) is 0. The summed E-state index contributed by atoms with van der Waals surface area (Å²) < 4.78 is 11.0. The van der Waals surface area contributed by atoms with Crippen LogP contribution in [0.4, 0.5) is 5.69 Å². The Bertz CT molecular complexity index is 1690. The lowest BCUT2D eigenvalue weighted by molar-refractivity contribution is -0.162. The summed E-state index contributed by atoms with van der Waals surface area (Å²) in [5, 5.41) is 10.3. The van der Waals surface area contributed by atoms with Crippen molar-refractivity contribution in [2.45, 2.75) is 12.6 Å². The Kier molecular flexibility index (Phi) is 9.69. The predicted octanol–water partition coefficient (Wildman–Crippen LogP) is 5.23. The molecule has 0 bridgehead atoms. The normalized spacial score (nSPS) is 14.5. The standard InChI is InChI=1S/C33H27ClN4O5S/c1-42-33(41)27-19-37(30(40)21-43-31-15-14-28(34)44-31)20-29(39)38(27)18-22-12-13-25(17-35)26(16-22)36-32(23-8-4-2-5-9-23)24-10-6-3-7-11-24/h2-16,27H,18-21H2,1H3. The number of methoxy groups -OCH3 is 1. The molecule has 2 heterocycles. The van der Waals surface area contributed by atoms with Crippen LogP contribution in [0.1, 0.15) is 22.3 Å². The number of thiophene rings is 1. The maximum atomic E-state index is 13.4. The third-order valence-electron chi connectivity index (χ3n) is 6.99. The van der Waals surface area contributed by atoms with Crippen LogP contribution in [0.15, 0.2) is 96.0 Å². The van der Waals surface area contributed by atoms with Gasteiger partial charge in [0.2, 0.25) is 5.91 Å². The highest BCUT2D eigenvalue weighted by molar-refractivity contribution is 7.17. The second-order valence-electron chi connectivity index (χ2n) is 9.84. The number of esters is 1. The van der Waals surface area contributed by atoms with Gasteiger partial charge in [-0.1, -0.05) is 89.7 Å². The topological polar surface area (TPSA) is 112 Å². The first kappa shape index (κ1) is 30.5. The number of nitriles is 1. The fraction of sp³-hybridized carbons (Fsp3) is 0.182. The zero-order chi connectivity index (χ0) is 31.1. The summed E-state index contributed by atoms with van der Waals surface area (Å²) in [4.78, 5) is 46.7. The molecule has 1 aromatic heterocycles. The van der Waals surface area contributed by atoms with Gasteiger partial charge in [0.25, 0.3) is 5.91 Å². The van der Waals surface area contributed by atoms with Crippen LogP contribution in [0.25, 0.3) is 0 Å². The van der Waals surface area contributed by atoms with Crippen LogP contribution in [0, 0.1) is 11.3 Å². The highest BCUT2D eigenvalue weighted by atomic mass is 35.5. The van der Waals surface area contributed by atoms with Crippen molar-refractivity contribution in [3.05, 3.63) is 118 Å². The SMILES string of the molecule is COC(=O)C1CN(C(=O)COc2ccc(Cl)s2)CC(=O)N1Cc1ccc(C#N)c(N=C(c2ccccc2)c2ccccc2)c1. The molecular weight excluding hydrogens is 600 g/mol. The molecule has 1 saturated heterocycles. The average Bonchev–Trinajstić information content (AvgIpc) is 3.48. The van der Waals surface area contributed by atoms with Crippen LogP contribution >= 0.6 is 22.9 Å². The van der Waals surface area contributed by atoms with Crippen molar-refractivity contribution >= 4 is 52.1 Å². The first-order valence-electron chi connectivity index (χ1n) is 13.6. The van der Waals surface area contributed by atoms with Crippen molar-refractivity contribution in [1.82, 2.24) is 9.80 Å². The van der Waals surface area contributed by atoms with Gasteiger partial charge in [0.1, 0.15) is 12.1 Å².